The summed E-state index contributed by atoms with van der Waals surface area (Å²) in [6, 6.07) is 2.99. The lowest BCUT2D eigenvalue weighted by Gasteiger charge is -2.53. The van der Waals surface area contributed by atoms with Gasteiger partial charge >= 0.3 is 0 Å². The van der Waals surface area contributed by atoms with E-state index in [1.165, 1.54) is 0 Å². The molecule has 3 rings (SSSR count). The minimum Gasteiger partial charge on any atom is -0.350 e. The smallest absolute Gasteiger partial charge is 0.248 e. The summed E-state index contributed by atoms with van der Waals surface area (Å²) in [5, 5.41) is 0. The van der Waals surface area contributed by atoms with E-state index in [0.717, 1.165) is 22.5 Å². The Morgan fingerprint density at radius 1 is 1.09 bits per heavy atom. The van der Waals surface area contributed by atoms with Gasteiger partial charge in [0.2, 0.25) is 10.0 Å². The molecule has 0 aliphatic carbocycles. The molecule has 2 fully saturated rings. The molecule has 2 saturated heterocycles. The Balaban J connectivity index is 1.78. The van der Waals surface area contributed by atoms with Crippen molar-refractivity contribution in [3.63, 3.8) is 0 Å². The molecule has 5 nitrogen and oxygen atoms in total. The predicted molar refractivity (Wildman–Crippen MR) is 73.5 cm³/mol. The molecule has 22 heavy (non-hydrogen) atoms. The maximum absolute atomic E-state index is 13.7. The molecule has 0 saturated carbocycles. The standard InChI is InChI=1S/C14H17F2NO4S/c1-13(2)20-8-14(9-21-13)6-17(7-14)22(18,19)12-10(15)4-3-5-11(12)16/h3-5H,6-9H2,1-2H3. The highest BCUT2D eigenvalue weighted by Crippen LogP contribution is 2.40. The minimum absolute atomic E-state index is 0.124. The summed E-state index contributed by atoms with van der Waals surface area (Å²) in [6.45, 7) is 4.51. The second-order valence-electron chi connectivity index (χ2n) is 6.30. The molecule has 0 aromatic heterocycles. The van der Waals surface area contributed by atoms with Gasteiger partial charge in [0.05, 0.1) is 13.2 Å². The number of nitrogens with zero attached hydrogens (tertiary/aromatic N) is 1. The molecule has 2 aliphatic heterocycles. The van der Waals surface area contributed by atoms with E-state index in [-0.39, 0.29) is 13.1 Å². The molecular weight excluding hydrogens is 316 g/mol. The molecule has 1 spiro atoms. The van der Waals surface area contributed by atoms with Crippen molar-refractivity contribution in [1.82, 2.24) is 4.31 Å². The summed E-state index contributed by atoms with van der Waals surface area (Å²) in [4.78, 5) is -0.900. The Morgan fingerprint density at radius 2 is 1.59 bits per heavy atom. The highest BCUT2D eigenvalue weighted by atomic mass is 32.2. The monoisotopic (exact) mass is 333 g/mol. The van der Waals surface area contributed by atoms with E-state index in [1.807, 2.05) is 0 Å². The van der Waals surface area contributed by atoms with Crippen molar-refractivity contribution in [3.05, 3.63) is 29.8 Å². The fourth-order valence-electron chi connectivity index (χ4n) is 2.65. The normalized spacial score (nSPS) is 24.2. The van der Waals surface area contributed by atoms with Gasteiger partial charge in [-0.2, -0.15) is 4.31 Å². The largest absolute Gasteiger partial charge is 0.350 e. The van der Waals surface area contributed by atoms with Crippen molar-refractivity contribution in [2.24, 2.45) is 5.41 Å². The summed E-state index contributed by atoms with van der Waals surface area (Å²) < 4.78 is 64.3. The fourth-order valence-corrected chi connectivity index (χ4v) is 4.42. The average Bonchev–Trinajstić information content (AvgIpc) is 2.36. The lowest BCUT2D eigenvalue weighted by atomic mass is 9.82. The zero-order valence-electron chi connectivity index (χ0n) is 12.3. The zero-order chi connectivity index (χ0) is 16.2. The molecule has 0 bridgehead atoms. The second kappa shape index (κ2) is 4.95. The van der Waals surface area contributed by atoms with Gasteiger partial charge in [0.1, 0.15) is 11.6 Å². The van der Waals surface area contributed by atoms with Crippen LogP contribution in [0.5, 0.6) is 0 Å². The Labute approximate surface area is 127 Å². The highest BCUT2D eigenvalue weighted by molar-refractivity contribution is 7.89. The Morgan fingerprint density at radius 3 is 2.09 bits per heavy atom. The number of hydrogen-bond donors (Lipinski definition) is 0. The lowest BCUT2D eigenvalue weighted by molar-refractivity contribution is -0.299. The summed E-state index contributed by atoms with van der Waals surface area (Å²) in [6.07, 6.45) is 0. The van der Waals surface area contributed by atoms with Crippen LogP contribution in [-0.4, -0.2) is 44.8 Å². The molecular formula is C14H17F2NO4S. The molecule has 0 atom stereocenters. The van der Waals surface area contributed by atoms with Crippen LogP contribution in [0.15, 0.2) is 23.1 Å². The zero-order valence-corrected chi connectivity index (χ0v) is 13.1. The van der Waals surface area contributed by atoms with Gasteiger partial charge in [0.25, 0.3) is 0 Å². The first-order chi connectivity index (χ1) is 10.2. The van der Waals surface area contributed by atoms with Crippen molar-refractivity contribution < 1.29 is 26.7 Å². The topological polar surface area (TPSA) is 55.8 Å². The van der Waals surface area contributed by atoms with Crippen LogP contribution in [0.2, 0.25) is 0 Å². The number of ether oxygens (including phenoxy) is 2. The molecule has 2 heterocycles. The average molecular weight is 333 g/mol. The van der Waals surface area contributed by atoms with E-state index in [1.54, 1.807) is 13.8 Å². The fraction of sp³-hybridized carbons (Fsp3) is 0.571. The molecule has 122 valence electrons. The number of benzene rings is 1. The first-order valence-electron chi connectivity index (χ1n) is 6.87. The van der Waals surface area contributed by atoms with Gasteiger partial charge in [-0.15, -0.1) is 0 Å². The molecule has 0 unspecified atom stereocenters. The van der Waals surface area contributed by atoms with Gasteiger partial charge in [0.15, 0.2) is 10.7 Å². The molecule has 8 heteroatoms. The van der Waals surface area contributed by atoms with Crippen molar-refractivity contribution in [2.75, 3.05) is 26.3 Å². The minimum atomic E-state index is -4.20. The van der Waals surface area contributed by atoms with E-state index in [9.17, 15) is 17.2 Å². The van der Waals surface area contributed by atoms with Crippen molar-refractivity contribution in [3.8, 4) is 0 Å². The Bertz CT molecular complexity index is 667. The van der Waals surface area contributed by atoms with Crippen LogP contribution < -0.4 is 0 Å². The van der Waals surface area contributed by atoms with Crippen LogP contribution in [0.4, 0.5) is 8.78 Å². The first-order valence-corrected chi connectivity index (χ1v) is 8.31. The third-order valence-electron chi connectivity index (χ3n) is 3.99. The Kier molecular flexibility index (Phi) is 3.56. The lowest BCUT2D eigenvalue weighted by Crippen LogP contribution is -2.65. The van der Waals surface area contributed by atoms with Crippen LogP contribution in [0.1, 0.15) is 13.8 Å². The van der Waals surface area contributed by atoms with Crippen LogP contribution in [0.25, 0.3) is 0 Å². The molecule has 1 aromatic rings. The van der Waals surface area contributed by atoms with Gasteiger partial charge in [-0.25, -0.2) is 17.2 Å². The Hall–Kier alpha value is -1.09. The van der Waals surface area contributed by atoms with Gasteiger partial charge in [-0.05, 0) is 26.0 Å². The van der Waals surface area contributed by atoms with Crippen LogP contribution in [0.3, 0.4) is 0 Å². The van der Waals surface area contributed by atoms with Gasteiger partial charge in [0, 0.05) is 18.5 Å². The highest BCUT2D eigenvalue weighted by Gasteiger charge is 2.53. The maximum Gasteiger partial charge on any atom is 0.248 e. The molecule has 0 radical (unpaired) electrons. The van der Waals surface area contributed by atoms with E-state index < -0.39 is 37.8 Å². The van der Waals surface area contributed by atoms with E-state index in [2.05, 4.69) is 0 Å². The van der Waals surface area contributed by atoms with Gasteiger partial charge in [-0.3, -0.25) is 0 Å². The third-order valence-corrected chi connectivity index (χ3v) is 5.84. The van der Waals surface area contributed by atoms with E-state index >= 15 is 0 Å². The number of rotatable bonds is 2. The first kappa shape index (κ1) is 15.8. The summed E-state index contributed by atoms with van der Waals surface area (Å²) in [5.41, 5.74) is -0.440. The SMILES string of the molecule is CC1(C)OCC2(CO1)CN(S(=O)(=O)c1c(F)cccc1F)C2. The predicted octanol–water partition coefficient (Wildman–Crippen LogP) is 1.74. The summed E-state index contributed by atoms with van der Waals surface area (Å²) >= 11 is 0. The van der Waals surface area contributed by atoms with E-state index in [0.29, 0.717) is 13.2 Å². The van der Waals surface area contributed by atoms with Crippen LogP contribution in [0, 0.1) is 17.0 Å². The quantitative estimate of drug-likeness (QED) is 0.827. The molecule has 2 aliphatic rings. The number of sulfonamides is 1. The number of hydrogen-bond acceptors (Lipinski definition) is 4. The van der Waals surface area contributed by atoms with Crippen LogP contribution in [-0.2, 0) is 19.5 Å². The number of halogens is 2. The second-order valence-corrected chi connectivity index (χ2v) is 8.18. The van der Waals surface area contributed by atoms with Crippen molar-refractivity contribution in [1.29, 1.82) is 0 Å². The van der Waals surface area contributed by atoms with E-state index in [4.69, 9.17) is 9.47 Å². The summed E-state index contributed by atoms with van der Waals surface area (Å²) in [5.74, 6) is -2.86. The van der Waals surface area contributed by atoms with Crippen molar-refractivity contribution >= 4 is 10.0 Å². The van der Waals surface area contributed by atoms with Gasteiger partial charge < -0.3 is 9.47 Å². The molecule has 0 N–H and O–H groups in total. The molecule has 0 amide bonds. The maximum atomic E-state index is 13.7. The van der Waals surface area contributed by atoms with Crippen molar-refractivity contribution in [2.45, 2.75) is 24.5 Å². The third kappa shape index (κ3) is 2.54. The summed E-state index contributed by atoms with van der Waals surface area (Å²) in [7, 11) is -4.20. The van der Waals surface area contributed by atoms with Gasteiger partial charge in [-0.1, -0.05) is 6.07 Å². The molecule has 1 aromatic carbocycles. The van der Waals surface area contributed by atoms with Crippen LogP contribution >= 0.6 is 0 Å².